The maximum Gasteiger partial charge on any atom is 0.338 e. The lowest BCUT2D eigenvalue weighted by molar-refractivity contribution is 0.0691. The van der Waals surface area contributed by atoms with Crippen LogP contribution < -0.4 is 0 Å². The summed E-state index contributed by atoms with van der Waals surface area (Å²) in [4.78, 5) is 11.4. The summed E-state index contributed by atoms with van der Waals surface area (Å²) in [6.45, 7) is 0. The van der Waals surface area contributed by atoms with Crippen molar-refractivity contribution in [3.05, 3.63) is 48.0 Å². The van der Waals surface area contributed by atoms with Crippen LogP contribution in [0.4, 0.5) is 4.39 Å². The quantitative estimate of drug-likeness (QED) is 0.849. The Morgan fingerprint density at radius 2 is 2.35 bits per heavy atom. The third-order valence-corrected chi connectivity index (χ3v) is 3.07. The monoisotopic (exact) mass is 252 g/mol. The molecule has 0 saturated heterocycles. The van der Waals surface area contributed by atoms with Crippen LogP contribution in [0.2, 0.25) is 0 Å². The maximum absolute atomic E-state index is 13.1. The number of hydrogen-bond donors (Lipinski definition) is 1. The van der Waals surface area contributed by atoms with E-state index in [9.17, 15) is 9.18 Å². The number of carboxylic acids is 1. The van der Waals surface area contributed by atoms with Gasteiger partial charge in [-0.2, -0.15) is 5.10 Å². The van der Waals surface area contributed by atoms with Gasteiger partial charge in [0, 0.05) is 17.3 Å². The molecule has 88 valence electrons. The number of carboxylic acid groups (broad SMARTS) is 1. The van der Waals surface area contributed by atoms with Gasteiger partial charge in [-0.3, -0.25) is 4.68 Å². The first kappa shape index (κ1) is 11.7. The fourth-order valence-electron chi connectivity index (χ4n) is 1.28. The van der Waals surface area contributed by atoms with Gasteiger partial charge in [0.15, 0.2) is 0 Å². The molecule has 1 aromatic carbocycles. The van der Waals surface area contributed by atoms with Gasteiger partial charge in [0.2, 0.25) is 0 Å². The summed E-state index contributed by atoms with van der Waals surface area (Å²) >= 11 is 1.39. The third-order valence-electron chi connectivity index (χ3n) is 2.09. The molecule has 0 amide bonds. The van der Waals surface area contributed by atoms with Crippen LogP contribution in [-0.4, -0.2) is 20.9 Å². The lowest BCUT2D eigenvalue weighted by Gasteiger charge is -2.04. The highest BCUT2D eigenvalue weighted by molar-refractivity contribution is 7.98. The molecule has 0 aliphatic heterocycles. The molecule has 2 rings (SSSR count). The van der Waals surface area contributed by atoms with Crippen LogP contribution in [0.5, 0.6) is 0 Å². The molecule has 6 heteroatoms. The maximum atomic E-state index is 13.1. The first-order valence-electron chi connectivity index (χ1n) is 4.80. The highest BCUT2D eigenvalue weighted by Gasteiger charge is 2.10. The lowest BCUT2D eigenvalue weighted by atomic mass is 10.2. The highest BCUT2D eigenvalue weighted by Crippen LogP contribution is 2.22. The molecular weight excluding hydrogens is 243 g/mol. The average molecular weight is 252 g/mol. The Kier molecular flexibility index (Phi) is 3.43. The van der Waals surface area contributed by atoms with E-state index in [0.717, 1.165) is 6.07 Å². The molecule has 0 radical (unpaired) electrons. The summed E-state index contributed by atoms with van der Waals surface area (Å²) in [6.07, 6.45) is 3.46. The second-order valence-electron chi connectivity index (χ2n) is 3.27. The Hall–Kier alpha value is -1.82. The molecule has 1 aromatic heterocycles. The molecule has 0 unspecified atom stereocenters. The number of rotatable bonds is 4. The molecule has 17 heavy (non-hydrogen) atoms. The van der Waals surface area contributed by atoms with Crippen molar-refractivity contribution in [3.63, 3.8) is 0 Å². The molecular formula is C11H9FN2O2S. The Labute approximate surface area is 101 Å². The number of carbonyl (C=O) groups is 1. The minimum atomic E-state index is -1.26. The molecule has 1 heterocycles. The predicted octanol–water partition coefficient (Wildman–Crippen LogP) is 2.47. The Morgan fingerprint density at radius 1 is 1.53 bits per heavy atom. The number of aromatic carboxylic acids is 1. The van der Waals surface area contributed by atoms with Gasteiger partial charge in [0.05, 0.1) is 11.4 Å². The first-order chi connectivity index (χ1) is 8.16. The summed E-state index contributed by atoms with van der Waals surface area (Å²) < 4.78 is 14.8. The largest absolute Gasteiger partial charge is 0.478 e. The molecule has 2 aromatic rings. The third kappa shape index (κ3) is 2.85. The zero-order chi connectivity index (χ0) is 12.3. The van der Waals surface area contributed by atoms with E-state index in [1.54, 1.807) is 29.2 Å². The van der Waals surface area contributed by atoms with Crippen LogP contribution in [0.3, 0.4) is 0 Å². The molecule has 0 atom stereocenters. The number of aromatic nitrogens is 2. The smallest absolute Gasteiger partial charge is 0.338 e. The molecule has 0 aliphatic carbocycles. The lowest BCUT2D eigenvalue weighted by Crippen LogP contribution is -2.00. The number of nitrogens with zero attached hydrogens (tertiary/aromatic N) is 2. The topological polar surface area (TPSA) is 55.1 Å². The fourth-order valence-corrected chi connectivity index (χ4v) is 2.08. The van der Waals surface area contributed by atoms with Crippen LogP contribution in [-0.2, 0) is 5.88 Å². The van der Waals surface area contributed by atoms with Crippen molar-refractivity contribution in [3.8, 4) is 0 Å². The summed E-state index contributed by atoms with van der Waals surface area (Å²) in [5.41, 5.74) is -0.310. The number of hydrogen-bond acceptors (Lipinski definition) is 3. The second-order valence-corrected chi connectivity index (χ2v) is 4.28. The van der Waals surface area contributed by atoms with E-state index < -0.39 is 11.8 Å². The Bertz CT molecular complexity index is 528. The minimum Gasteiger partial charge on any atom is -0.478 e. The zero-order valence-corrected chi connectivity index (χ0v) is 9.52. The standard InChI is InChI=1S/C11H9FN2O2S/c12-10-3-2-8(6-9(10)11(15)16)17-7-14-5-1-4-13-14/h1-6H,7H2,(H,15,16). The molecule has 1 N–H and O–H groups in total. The van der Waals surface area contributed by atoms with Crippen molar-refractivity contribution in [2.45, 2.75) is 10.8 Å². The minimum absolute atomic E-state index is 0.310. The molecule has 0 aliphatic rings. The molecule has 0 saturated carbocycles. The zero-order valence-electron chi connectivity index (χ0n) is 8.71. The van der Waals surface area contributed by atoms with E-state index in [1.807, 2.05) is 0 Å². The van der Waals surface area contributed by atoms with E-state index in [0.29, 0.717) is 10.8 Å². The van der Waals surface area contributed by atoms with Crippen LogP contribution in [0.15, 0.2) is 41.6 Å². The van der Waals surface area contributed by atoms with Crippen LogP contribution in [0.25, 0.3) is 0 Å². The van der Waals surface area contributed by atoms with E-state index in [4.69, 9.17) is 5.11 Å². The van der Waals surface area contributed by atoms with E-state index in [-0.39, 0.29) is 5.56 Å². The number of halogens is 1. The Morgan fingerprint density at radius 3 is 3.00 bits per heavy atom. The first-order valence-corrected chi connectivity index (χ1v) is 5.78. The van der Waals surface area contributed by atoms with Crippen molar-refractivity contribution < 1.29 is 14.3 Å². The van der Waals surface area contributed by atoms with Crippen LogP contribution in [0.1, 0.15) is 10.4 Å². The van der Waals surface area contributed by atoms with Gasteiger partial charge < -0.3 is 5.11 Å². The fraction of sp³-hybridized carbons (Fsp3) is 0.0909. The molecule has 0 fully saturated rings. The molecule has 0 bridgehead atoms. The van der Waals surface area contributed by atoms with Gasteiger partial charge in [0.1, 0.15) is 5.82 Å². The summed E-state index contributed by atoms with van der Waals surface area (Å²) in [6, 6.07) is 5.84. The van der Waals surface area contributed by atoms with Gasteiger partial charge in [-0.1, -0.05) is 0 Å². The number of benzene rings is 1. The summed E-state index contributed by atoms with van der Waals surface area (Å²) in [5.74, 6) is -1.43. The second kappa shape index (κ2) is 5.01. The van der Waals surface area contributed by atoms with Crippen molar-refractivity contribution in [2.24, 2.45) is 0 Å². The normalized spacial score (nSPS) is 10.4. The van der Waals surface area contributed by atoms with E-state index in [1.165, 1.54) is 17.8 Å². The SMILES string of the molecule is O=C(O)c1cc(SCn2cccn2)ccc1F. The van der Waals surface area contributed by atoms with Crippen molar-refractivity contribution in [1.29, 1.82) is 0 Å². The summed E-state index contributed by atoms with van der Waals surface area (Å²) in [5, 5.41) is 12.8. The summed E-state index contributed by atoms with van der Waals surface area (Å²) in [7, 11) is 0. The van der Waals surface area contributed by atoms with Gasteiger partial charge in [-0.25, -0.2) is 9.18 Å². The van der Waals surface area contributed by atoms with Crippen LogP contribution >= 0.6 is 11.8 Å². The predicted molar refractivity (Wildman–Crippen MR) is 61.4 cm³/mol. The van der Waals surface area contributed by atoms with Gasteiger partial charge in [-0.05, 0) is 24.3 Å². The number of thioether (sulfide) groups is 1. The van der Waals surface area contributed by atoms with Crippen molar-refractivity contribution >= 4 is 17.7 Å². The highest BCUT2D eigenvalue weighted by atomic mass is 32.2. The van der Waals surface area contributed by atoms with Crippen molar-refractivity contribution in [2.75, 3.05) is 0 Å². The van der Waals surface area contributed by atoms with Gasteiger partial charge in [-0.15, -0.1) is 11.8 Å². The molecule has 4 nitrogen and oxygen atoms in total. The average Bonchev–Trinajstić information content (AvgIpc) is 2.80. The molecule has 0 spiro atoms. The van der Waals surface area contributed by atoms with E-state index in [2.05, 4.69) is 5.10 Å². The van der Waals surface area contributed by atoms with Crippen molar-refractivity contribution in [1.82, 2.24) is 9.78 Å². The van der Waals surface area contributed by atoms with Gasteiger partial charge >= 0.3 is 5.97 Å². The van der Waals surface area contributed by atoms with E-state index >= 15 is 0 Å². The van der Waals surface area contributed by atoms with Gasteiger partial charge in [0.25, 0.3) is 0 Å². The Balaban J connectivity index is 2.11. The van der Waals surface area contributed by atoms with Crippen LogP contribution in [0, 0.1) is 5.82 Å².